The standard InChI is InChI=1S/C14H26N2O2/c1-10-5-3-2-4-6-12(10)16-14(17)13-8-7-11(9-15)18-13/h10-13H,2-9,15H2,1H3,(H,16,17). The van der Waals surface area contributed by atoms with Gasteiger partial charge in [0.1, 0.15) is 6.10 Å². The first-order valence-corrected chi connectivity index (χ1v) is 7.36. The second kappa shape index (κ2) is 6.53. The third-order valence-corrected chi connectivity index (χ3v) is 4.35. The molecule has 1 aliphatic heterocycles. The van der Waals surface area contributed by atoms with Gasteiger partial charge in [-0.1, -0.05) is 26.2 Å². The Bertz CT molecular complexity index is 283. The Kier molecular flexibility index (Phi) is 5.01. The van der Waals surface area contributed by atoms with Crippen LogP contribution in [0.5, 0.6) is 0 Å². The Labute approximate surface area is 110 Å². The second-order valence-electron chi connectivity index (χ2n) is 5.79. The van der Waals surface area contributed by atoms with Crippen LogP contribution in [-0.2, 0) is 9.53 Å². The molecule has 2 aliphatic rings. The van der Waals surface area contributed by atoms with Crippen LogP contribution in [0.1, 0.15) is 51.9 Å². The van der Waals surface area contributed by atoms with Crippen molar-refractivity contribution in [2.45, 2.75) is 70.1 Å². The van der Waals surface area contributed by atoms with E-state index < -0.39 is 0 Å². The van der Waals surface area contributed by atoms with E-state index in [1.807, 2.05) is 0 Å². The highest BCUT2D eigenvalue weighted by Crippen LogP contribution is 2.24. The molecule has 0 aromatic heterocycles. The minimum absolute atomic E-state index is 0.0738. The van der Waals surface area contributed by atoms with E-state index in [1.165, 1.54) is 25.7 Å². The highest BCUT2D eigenvalue weighted by atomic mass is 16.5. The Balaban J connectivity index is 1.82. The maximum Gasteiger partial charge on any atom is 0.249 e. The number of hydrogen-bond donors (Lipinski definition) is 2. The van der Waals surface area contributed by atoms with Gasteiger partial charge in [0.25, 0.3) is 0 Å². The minimum Gasteiger partial charge on any atom is -0.364 e. The van der Waals surface area contributed by atoms with E-state index in [0.29, 0.717) is 18.5 Å². The molecule has 1 saturated heterocycles. The van der Waals surface area contributed by atoms with Crippen LogP contribution in [0.2, 0.25) is 0 Å². The van der Waals surface area contributed by atoms with Crippen molar-refractivity contribution in [3.63, 3.8) is 0 Å². The van der Waals surface area contributed by atoms with E-state index in [4.69, 9.17) is 10.5 Å². The van der Waals surface area contributed by atoms with Crippen LogP contribution in [0.3, 0.4) is 0 Å². The molecule has 1 saturated carbocycles. The molecule has 1 aliphatic carbocycles. The average Bonchev–Trinajstić information content (AvgIpc) is 2.77. The predicted octanol–water partition coefficient (Wildman–Crippen LogP) is 1.58. The molecule has 0 aromatic rings. The molecule has 4 heteroatoms. The fourth-order valence-corrected chi connectivity index (χ4v) is 3.06. The van der Waals surface area contributed by atoms with E-state index in [1.54, 1.807) is 0 Å². The number of carbonyl (C=O) groups is 1. The van der Waals surface area contributed by atoms with Crippen molar-refractivity contribution < 1.29 is 9.53 Å². The molecule has 2 rings (SSSR count). The Morgan fingerprint density at radius 3 is 2.72 bits per heavy atom. The number of hydrogen-bond acceptors (Lipinski definition) is 3. The van der Waals surface area contributed by atoms with Gasteiger partial charge in [-0.05, 0) is 31.6 Å². The van der Waals surface area contributed by atoms with Gasteiger partial charge in [-0.3, -0.25) is 4.79 Å². The maximum absolute atomic E-state index is 12.2. The summed E-state index contributed by atoms with van der Waals surface area (Å²) in [7, 11) is 0. The lowest BCUT2D eigenvalue weighted by atomic mass is 9.96. The van der Waals surface area contributed by atoms with Crippen LogP contribution in [0.4, 0.5) is 0 Å². The Hall–Kier alpha value is -0.610. The molecule has 104 valence electrons. The average molecular weight is 254 g/mol. The summed E-state index contributed by atoms with van der Waals surface area (Å²) in [4.78, 5) is 12.2. The van der Waals surface area contributed by atoms with Crippen molar-refractivity contribution >= 4 is 5.91 Å². The Morgan fingerprint density at radius 2 is 2.00 bits per heavy atom. The van der Waals surface area contributed by atoms with E-state index in [0.717, 1.165) is 19.3 Å². The molecule has 4 unspecified atom stereocenters. The van der Waals surface area contributed by atoms with Crippen molar-refractivity contribution in [3.8, 4) is 0 Å². The molecule has 4 atom stereocenters. The lowest BCUT2D eigenvalue weighted by Gasteiger charge is -2.24. The van der Waals surface area contributed by atoms with E-state index in [-0.39, 0.29) is 18.1 Å². The number of rotatable bonds is 3. The van der Waals surface area contributed by atoms with Crippen LogP contribution in [0, 0.1) is 5.92 Å². The van der Waals surface area contributed by atoms with E-state index in [9.17, 15) is 4.79 Å². The first-order valence-electron chi connectivity index (χ1n) is 7.36. The zero-order chi connectivity index (χ0) is 13.0. The summed E-state index contributed by atoms with van der Waals surface area (Å²) >= 11 is 0. The first-order chi connectivity index (χ1) is 8.70. The van der Waals surface area contributed by atoms with E-state index in [2.05, 4.69) is 12.2 Å². The van der Waals surface area contributed by atoms with Gasteiger partial charge < -0.3 is 15.8 Å². The van der Waals surface area contributed by atoms with Gasteiger partial charge in [0.2, 0.25) is 5.91 Å². The molecule has 0 radical (unpaired) electrons. The van der Waals surface area contributed by atoms with Crippen molar-refractivity contribution in [2.75, 3.05) is 6.54 Å². The fourth-order valence-electron chi connectivity index (χ4n) is 3.06. The van der Waals surface area contributed by atoms with Gasteiger partial charge in [0, 0.05) is 12.6 Å². The molecule has 1 amide bonds. The van der Waals surface area contributed by atoms with Gasteiger partial charge in [-0.25, -0.2) is 0 Å². The van der Waals surface area contributed by atoms with Gasteiger partial charge in [0.05, 0.1) is 6.10 Å². The van der Waals surface area contributed by atoms with Gasteiger partial charge in [-0.2, -0.15) is 0 Å². The maximum atomic E-state index is 12.2. The molecular formula is C14H26N2O2. The molecule has 3 N–H and O–H groups in total. The van der Waals surface area contributed by atoms with Gasteiger partial charge >= 0.3 is 0 Å². The number of ether oxygens (including phenoxy) is 1. The lowest BCUT2D eigenvalue weighted by Crippen LogP contribution is -2.44. The van der Waals surface area contributed by atoms with Crippen molar-refractivity contribution in [3.05, 3.63) is 0 Å². The smallest absolute Gasteiger partial charge is 0.249 e. The zero-order valence-electron chi connectivity index (χ0n) is 11.4. The van der Waals surface area contributed by atoms with Crippen LogP contribution in [-0.4, -0.2) is 30.7 Å². The van der Waals surface area contributed by atoms with Crippen molar-refractivity contribution in [1.82, 2.24) is 5.32 Å². The van der Waals surface area contributed by atoms with Gasteiger partial charge in [-0.15, -0.1) is 0 Å². The molecule has 18 heavy (non-hydrogen) atoms. The normalized spacial score (nSPS) is 37.2. The summed E-state index contributed by atoms with van der Waals surface area (Å²) in [6, 6.07) is 0.334. The van der Waals surface area contributed by atoms with Crippen LogP contribution >= 0.6 is 0 Å². The SMILES string of the molecule is CC1CCCCCC1NC(=O)C1CCC(CN)O1. The monoisotopic (exact) mass is 254 g/mol. The third kappa shape index (κ3) is 3.45. The number of nitrogens with two attached hydrogens (primary N) is 1. The molecule has 1 heterocycles. The fraction of sp³-hybridized carbons (Fsp3) is 0.929. The molecule has 0 spiro atoms. The van der Waals surface area contributed by atoms with Crippen molar-refractivity contribution in [2.24, 2.45) is 11.7 Å². The lowest BCUT2D eigenvalue weighted by molar-refractivity contribution is -0.133. The van der Waals surface area contributed by atoms with Crippen molar-refractivity contribution in [1.29, 1.82) is 0 Å². The summed E-state index contributed by atoms with van der Waals surface area (Å²) in [5, 5.41) is 3.19. The number of carbonyl (C=O) groups excluding carboxylic acids is 1. The summed E-state index contributed by atoms with van der Waals surface area (Å²) in [5.74, 6) is 0.660. The second-order valence-corrected chi connectivity index (χ2v) is 5.79. The topological polar surface area (TPSA) is 64.4 Å². The summed E-state index contributed by atoms with van der Waals surface area (Å²) in [5.41, 5.74) is 5.57. The summed E-state index contributed by atoms with van der Waals surface area (Å²) in [6.45, 7) is 2.76. The minimum atomic E-state index is -0.269. The summed E-state index contributed by atoms with van der Waals surface area (Å²) in [6.07, 6.45) is 7.69. The highest BCUT2D eigenvalue weighted by Gasteiger charge is 2.32. The quantitative estimate of drug-likeness (QED) is 0.752. The van der Waals surface area contributed by atoms with Gasteiger partial charge in [0.15, 0.2) is 0 Å². The summed E-state index contributed by atoms with van der Waals surface area (Å²) < 4.78 is 5.64. The Morgan fingerprint density at radius 1 is 1.22 bits per heavy atom. The highest BCUT2D eigenvalue weighted by molar-refractivity contribution is 5.81. The van der Waals surface area contributed by atoms with Crippen LogP contribution < -0.4 is 11.1 Å². The zero-order valence-corrected chi connectivity index (χ0v) is 11.4. The molecule has 2 fully saturated rings. The van der Waals surface area contributed by atoms with Crippen LogP contribution in [0.25, 0.3) is 0 Å². The third-order valence-electron chi connectivity index (χ3n) is 4.35. The molecule has 4 nitrogen and oxygen atoms in total. The number of nitrogens with one attached hydrogen (secondary N) is 1. The molecule has 0 aromatic carbocycles. The predicted molar refractivity (Wildman–Crippen MR) is 71.1 cm³/mol. The number of amides is 1. The largest absolute Gasteiger partial charge is 0.364 e. The first kappa shape index (κ1) is 13.8. The molecular weight excluding hydrogens is 228 g/mol. The van der Waals surface area contributed by atoms with E-state index >= 15 is 0 Å². The van der Waals surface area contributed by atoms with Crippen LogP contribution in [0.15, 0.2) is 0 Å². The molecule has 0 bridgehead atoms.